The second-order valence-corrected chi connectivity index (χ2v) is 12.7. The zero-order valence-corrected chi connectivity index (χ0v) is 24.2. The van der Waals surface area contributed by atoms with Crippen LogP contribution in [0.3, 0.4) is 0 Å². The van der Waals surface area contributed by atoms with E-state index in [0.29, 0.717) is 21.3 Å². The molecule has 1 saturated heterocycles. The topological polar surface area (TPSA) is 88.5 Å². The van der Waals surface area contributed by atoms with Gasteiger partial charge >= 0.3 is 4.87 Å². The van der Waals surface area contributed by atoms with Crippen LogP contribution >= 0.6 is 39.0 Å². The predicted octanol–water partition coefficient (Wildman–Crippen LogP) is 5.55. The molecule has 0 radical (unpaired) electrons. The van der Waals surface area contributed by atoms with Crippen molar-refractivity contribution in [3.05, 3.63) is 109 Å². The molecule has 1 N–H and O–H groups in total. The summed E-state index contributed by atoms with van der Waals surface area (Å²) in [5.41, 5.74) is 2.70. The Bertz CT molecular complexity index is 1720. The molecule has 11 heteroatoms. The number of nitrogens with one attached hydrogen (secondary N) is 1. The first-order chi connectivity index (χ1) is 19.2. The predicted molar refractivity (Wildman–Crippen MR) is 156 cm³/mol. The van der Waals surface area contributed by atoms with Crippen LogP contribution in [0, 0.1) is 18.7 Å². The van der Waals surface area contributed by atoms with Gasteiger partial charge in [-0.25, -0.2) is 9.29 Å². The lowest BCUT2D eigenvalue weighted by molar-refractivity contribution is -0.122. The molecule has 3 atom stereocenters. The number of amides is 3. The van der Waals surface area contributed by atoms with Gasteiger partial charge in [-0.05, 0) is 61.0 Å². The molecule has 7 nitrogen and oxygen atoms in total. The van der Waals surface area contributed by atoms with Gasteiger partial charge in [-0.3, -0.25) is 23.7 Å². The van der Waals surface area contributed by atoms with Crippen molar-refractivity contribution >= 4 is 68.1 Å². The van der Waals surface area contributed by atoms with Crippen LogP contribution in [0.5, 0.6) is 0 Å². The van der Waals surface area contributed by atoms with Crippen molar-refractivity contribution in [3.8, 4) is 0 Å². The van der Waals surface area contributed by atoms with Gasteiger partial charge in [0.15, 0.2) is 0 Å². The van der Waals surface area contributed by atoms with E-state index < -0.39 is 28.8 Å². The Morgan fingerprint density at radius 1 is 1.00 bits per heavy atom. The van der Waals surface area contributed by atoms with E-state index >= 15 is 0 Å². The molecule has 0 aliphatic carbocycles. The SMILES string of the molecule is Cc1ccc(N2C(=O)[C@H]3[C@H](c4cccc(Br)c4)c4sc(=O)n(CC(=O)Nc5ccc(F)cc5)c4S[C@H]3C2=O)cc1. The molecule has 0 spiro atoms. The third-order valence-electron chi connectivity index (χ3n) is 6.98. The zero-order valence-electron chi connectivity index (χ0n) is 21.0. The minimum Gasteiger partial charge on any atom is -0.325 e. The molecule has 1 fully saturated rings. The van der Waals surface area contributed by atoms with Crippen LogP contribution in [0.25, 0.3) is 0 Å². The Morgan fingerprint density at radius 2 is 1.73 bits per heavy atom. The van der Waals surface area contributed by atoms with E-state index in [2.05, 4.69) is 21.2 Å². The molecule has 3 aromatic carbocycles. The first-order valence-electron chi connectivity index (χ1n) is 12.4. The van der Waals surface area contributed by atoms with E-state index in [1.54, 1.807) is 12.1 Å². The highest BCUT2D eigenvalue weighted by Crippen LogP contribution is 2.54. The fraction of sp³-hybridized carbons (Fsp3) is 0.172. The van der Waals surface area contributed by atoms with Crippen molar-refractivity contribution in [2.45, 2.75) is 29.7 Å². The molecule has 3 heterocycles. The van der Waals surface area contributed by atoms with E-state index in [0.717, 1.165) is 38.7 Å². The van der Waals surface area contributed by atoms with E-state index in [1.807, 2.05) is 43.3 Å². The van der Waals surface area contributed by atoms with Crippen LogP contribution in [0.1, 0.15) is 21.9 Å². The number of fused-ring (bicyclic) bond motifs is 2. The van der Waals surface area contributed by atoms with E-state index in [-0.39, 0.29) is 23.2 Å². The van der Waals surface area contributed by atoms with Crippen LogP contribution < -0.4 is 15.1 Å². The number of aromatic nitrogens is 1. The number of hydrogen-bond acceptors (Lipinski definition) is 6. The van der Waals surface area contributed by atoms with Crippen LogP contribution in [0.4, 0.5) is 15.8 Å². The van der Waals surface area contributed by atoms with Crippen molar-refractivity contribution in [3.63, 3.8) is 0 Å². The van der Waals surface area contributed by atoms with E-state index in [9.17, 15) is 23.6 Å². The standard InChI is InChI=1S/C29H21BrFN3O4S2/c1-15-5-11-20(12-6-15)34-26(36)23-22(16-3-2-4-17(30)13-16)25-28(39-24(23)27(34)37)33(29(38)40-25)14-21(35)32-19-9-7-18(31)8-10-19/h2-13,22-24H,14H2,1H3,(H,32,35)/t22-,23-,24+/m0/s1. The van der Waals surface area contributed by atoms with Crippen LogP contribution in [-0.4, -0.2) is 27.5 Å². The first kappa shape index (κ1) is 26.7. The number of hydrogen-bond donors (Lipinski definition) is 1. The number of anilines is 2. The molecule has 0 saturated carbocycles. The Balaban J connectivity index is 1.41. The Morgan fingerprint density at radius 3 is 2.42 bits per heavy atom. The van der Waals surface area contributed by atoms with Gasteiger partial charge in [-0.1, -0.05) is 68.9 Å². The fourth-order valence-electron chi connectivity index (χ4n) is 5.14. The molecule has 40 heavy (non-hydrogen) atoms. The van der Waals surface area contributed by atoms with Gasteiger partial charge in [-0.2, -0.15) is 0 Å². The van der Waals surface area contributed by atoms with Gasteiger partial charge in [-0.15, -0.1) is 0 Å². The Hall–Kier alpha value is -3.54. The summed E-state index contributed by atoms with van der Waals surface area (Å²) in [5.74, 6) is -2.84. The summed E-state index contributed by atoms with van der Waals surface area (Å²) >= 11 is 5.65. The molecule has 0 bridgehead atoms. The van der Waals surface area contributed by atoms with E-state index in [4.69, 9.17) is 0 Å². The van der Waals surface area contributed by atoms with Crippen LogP contribution in [0.15, 0.2) is 87.1 Å². The van der Waals surface area contributed by atoms with Crippen molar-refractivity contribution in [2.75, 3.05) is 10.2 Å². The lowest BCUT2D eigenvalue weighted by Crippen LogP contribution is -2.33. The fourth-order valence-corrected chi connectivity index (χ4v) is 8.33. The average molecular weight is 639 g/mol. The summed E-state index contributed by atoms with van der Waals surface area (Å²) in [6, 6.07) is 20.0. The number of nitrogens with zero attached hydrogens (tertiary/aromatic N) is 2. The lowest BCUT2D eigenvalue weighted by atomic mass is 9.83. The summed E-state index contributed by atoms with van der Waals surface area (Å²) < 4.78 is 15.4. The highest BCUT2D eigenvalue weighted by atomic mass is 79.9. The molecular formula is C29H21BrFN3O4S2. The number of aryl methyl sites for hydroxylation is 1. The normalized spacial score (nSPS) is 19.9. The third kappa shape index (κ3) is 4.71. The molecule has 1 aromatic heterocycles. The number of carbonyl (C=O) groups excluding carboxylic acids is 3. The summed E-state index contributed by atoms with van der Waals surface area (Å²) in [7, 11) is 0. The second kappa shape index (κ2) is 10.5. The smallest absolute Gasteiger partial charge is 0.308 e. The molecule has 2 aliphatic rings. The first-order valence-corrected chi connectivity index (χ1v) is 14.9. The van der Waals surface area contributed by atoms with Gasteiger partial charge in [0, 0.05) is 21.0 Å². The van der Waals surface area contributed by atoms with Crippen molar-refractivity contribution in [1.29, 1.82) is 0 Å². The summed E-state index contributed by atoms with van der Waals surface area (Å²) in [6.07, 6.45) is 0. The highest BCUT2D eigenvalue weighted by molar-refractivity contribution is 9.10. The van der Waals surface area contributed by atoms with Crippen LogP contribution in [-0.2, 0) is 20.9 Å². The number of thiazole rings is 1. The minimum absolute atomic E-state index is 0.290. The Labute approximate surface area is 245 Å². The monoisotopic (exact) mass is 637 g/mol. The zero-order chi connectivity index (χ0) is 28.1. The number of carbonyl (C=O) groups is 3. The van der Waals surface area contributed by atoms with Gasteiger partial charge in [0.25, 0.3) is 0 Å². The molecule has 6 rings (SSSR count). The van der Waals surface area contributed by atoms with Crippen LogP contribution in [0.2, 0.25) is 0 Å². The van der Waals surface area contributed by atoms with Crippen molar-refractivity contribution < 1.29 is 18.8 Å². The minimum atomic E-state index is -0.773. The average Bonchev–Trinajstić information content (AvgIpc) is 3.36. The quantitative estimate of drug-likeness (QED) is 0.290. The summed E-state index contributed by atoms with van der Waals surface area (Å²) in [5, 5.41) is 2.41. The third-order valence-corrected chi connectivity index (χ3v) is 10.1. The maximum Gasteiger partial charge on any atom is 0.308 e. The number of thioether (sulfide) groups is 1. The molecule has 3 amide bonds. The van der Waals surface area contributed by atoms with E-state index in [1.165, 1.54) is 33.7 Å². The number of imide groups is 1. The number of halogens is 2. The molecule has 202 valence electrons. The lowest BCUT2D eigenvalue weighted by Gasteiger charge is -2.30. The second-order valence-electron chi connectivity index (χ2n) is 9.62. The largest absolute Gasteiger partial charge is 0.325 e. The molecule has 4 aromatic rings. The summed E-state index contributed by atoms with van der Waals surface area (Å²) in [6.45, 7) is 1.64. The number of benzene rings is 3. The van der Waals surface area contributed by atoms with Gasteiger partial charge in [0.05, 0.1) is 16.6 Å². The van der Waals surface area contributed by atoms with Gasteiger partial charge < -0.3 is 5.32 Å². The van der Waals surface area contributed by atoms with Gasteiger partial charge in [0.2, 0.25) is 17.7 Å². The highest BCUT2D eigenvalue weighted by Gasteiger charge is 2.56. The van der Waals surface area contributed by atoms with Gasteiger partial charge in [0.1, 0.15) is 17.6 Å². The Kier molecular flexibility index (Phi) is 6.97. The van der Waals surface area contributed by atoms with Crippen molar-refractivity contribution in [1.82, 2.24) is 4.57 Å². The van der Waals surface area contributed by atoms with Crippen molar-refractivity contribution in [2.24, 2.45) is 5.92 Å². The molecule has 0 unspecified atom stereocenters. The molecule has 2 aliphatic heterocycles. The maximum atomic E-state index is 13.9. The number of rotatable bonds is 5. The molecular weight excluding hydrogens is 617 g/mol. The summed E-state index contributed by atoms with van der Waals surface area (Å²) in [4.78, 5) is 55.4. The maximum absolute atomic E-state index is 13.9.